The molecule has 0 radical (unpaired) electrons. The minimum atomic E-state index is -0.632. The van der Waals surface area contributed by atoms with Gasteiger partial charge in [-0.15, -0.1) is 0 Å². The Morgan fingerprint density at radius 2 is 1.62 bits per heavy atom. The van der Waals surface area contributed by atoms with E-state index in [0.29, 0.717) is 5.92 Å². The molecule has 0 aromatic rings. The van der Waals surface area contributed by atoms with E-state index in [9.17, 15) is 9.90 Å². The van der Waals surface area contributed by atoms with Gasteiger partial charge >= 0.3 is 5.97 Å². The van der Waals surface area contributed by atoms with Gasteiger partial charge in [-0.2, -0.15) is 0 Å². The molecule has 1 N–H and O–H groups in total. The maximum atomic E-state index is 12.5. The predicted molar refractivity (Wildman–Crippen MR) is 111 cm³/mol. The molecular weight excluding hydrogens is 364 g/mol. The summed E-state index contributed by atoms with van der Waals surface area (Å²) in [6, 6.07) is 0. The van der Waals surface area contributed by atoms with E-state index >= 15 is 0 Å². The van der Waals surface area contributed by atoms with Crippen LogP contribution in [0.4, 0.5) is 0 Å². The molecule has 4 saturated carbocycles. The van der Waals surface area contributed by atoms with Gasteiger partial charge in [-0.05, 0) is 99.7 Å². The highest BCUT2D eigenvalue weighted by Gasteiger charge is 2.77. The number of hydrogen-bond donors (Lipinski definition) is 1. The molecule has 1 aliphatic heterocycles. The summed E-state index contributed by atoms with van der Waals surface area (Å²) in [4.78, 5) is 12.5. The normalized spacial score (nSPS) is 58.1. The second-order valence-electron chi connectivity index (χ2n) is 12.7. The van der Waals surface area contributed by atoms with E-state index in [1.807, 2.05) is 6.92 Å². The molecule has 4 heteroatoms. The summed E-state index contributed by atoms with van der Waals surface area (Å²) in [5, 5.41) is 10.3. The van der Waals surface area contributed by atoms with E-state index in [4.69, 9.17) is 9.47 Å². The van der Waals surface area contributed by atoms with Crippen LogP contribution in [0.15, 0.2) is 0 Å². The highest BCUT2D eigenvalue weighted by Crippen LogP contribution is 2.82. The number of ether oxygens (including phenoxy) is 2. The first kappa shape index (κ1) is 20.3. The van der Waals surface area contributed by atoms with Crippen molar-refractivity contribution >= 4 is 5.97 Å². The minimum absolute atomic E-state index is 0.0368. The fourth-order valence-electron chi connectivity index (χ4n) is 9.65. The fourth-order valence-corrected chi connectivity index (χ4v) is 9.65. The van der Waals surface area contributed by atoms with Crippen molar-refractivity contribution in [3.63, 3.8) is 0 Å². The van der Waals surface area contributed by atoms with E-state index in [2.05, 4.69) is 34.6 Å². The van der Waals surface area contributed by atoms with E-state index in [-0.39, 0.29) is 27.3 Å². The lowest BCUT2D eigenvalue weighted by Crippen LogP contribution is -2.68. The highest BCUT2D eigenvalue weighted by atomic mass is 16.8. The molecule has 5 aliphatic rings. The molecule has 7 atom stereocenters. The third kappa shape index (κ3) is 2.07. The van der Waals surface area contributed by atoms with Crippen LogP contribution in [0.5, 0.6) is 0 Å². The molecule has 4 nitrogen and oxygen atoms in total. The van der Waals surface area contributed by atoms with Crippen molar-refractivity contribution < 1.29 is 19.4 Å². The lowest BCUT2D eigenvalue weighted by molar-refractivity contribution is -0.257. The van der Waals surface area contributed by atoms with Gasteiger partial charge in [0.1, 0.15) is 0 Å². The van der Waals surface area contributed by atoms with E-state index < -0.39 is 17.2 Å². The maximum Gasteiger partial charge on any atom is 0.309 e. The zero-order chi connectivity index (χ0) is 21.1. The number of carboxylic acids is 1. The number of rotatable bonds is 1. The number of aliphatic carboxylic acids is 1. The quantitative estimate of drug-likeness (QED) is 0.601. The van der Waals surface area contributed by atoms with Crippen molar-refractivity contribution in [1.82, 2.24) is 0 Å². The van der Waals surface area contributed by atoms with Gasteiger partial charge in [-0.25, -0.2) is 0 Å². The van der Waals surface area contributed by atoms with Crippen LogP contribution in [0, 0.1) is 33.0 Å². The monoisotopic (exact) mass is 404 g/mol. The molecule has 5 rings (SSSR count). The van der Waals surface area contributed by atoms with Crippen LogP contribution in [0.25, 0.3) is 0 Å². The van der Waals surface area contributed by atoms with Crippen LogP contribution < -0.4 is 0 Å². The lowest BCUT2D eigenvalue weighted by Gasteiger charge is -2.73. The summed E-state index contributed by atoms with van der Waals surface area (Å²) >= 11 is 0. The summed E-state index contributed by atoms with van der Waals surface area (Å²) in [5.41, 5.74) is -0.484. The third-order valence-electron chi connectivity index (χ3n) is 11.9. The number of hydrogen-bond acceptors (Lipinski definition) is 3. The second-order valence-corrected chi connectivity index (χ2v) is 12.7. The van der Waals surface area contributed by atoms with Gasteiger partial charge in [0.2, 0.25) is 0 Å². The molecule has 7 unspecified atom stereocenters. The molecule has 4 aliphatic carbocycles. The van der Waals surface area contributed by atoms with Crippen molar-refractivity contribution in [2.75, 3.05) is 6.61 Å². The number of fused-ring (bicyclic) bond motifs is 4. The zero-order valence-electron chi connectivity index (χ0n) is 19.3. The Bertz CT molecular complexity index is 762. The van der Waals surface area contributed by atoms with Gasteiger partial charge in [-0.1, -0.05) is 27.2 Å². The average Bonchev–Trinajstić information content (AvgIpc) is 3.08. The molecule has 1 saturated heterocycles. The Morgan fingerprint density at radius 1 is 0.897 bits per heavy atom. The van der Waals surface area contributed by atoms with Crippen LogP contribution in [0.1, 0.15) is 99.3 Å². The van der Waals surface area contributed by atoms with Crippen molar-refractivity contribution in [2.24, 2.45) is 33.0 Å². The van der Waals surface area contributed by atoms with Crippen molar-refractivity contribution in [3.05, 3.63) is 0 Å². The first-order chi connectivity index (χ1) is 13.3. The molecule has 0 aromatic carbocycles. The fraction of sp³-hybridized carbons (Fsp3) is 0.960. The molecule has 0 aromatic heterocycles. The SMILES string of the molecule is CC1(C)OCC2(CC34CCC5(C)C(C)(C(=O)O)CCCC5(C)C3(C)CCC2C4)O1. The first-order valence-electron chi connectivity index (χ1n) is 11.9. The van der Waals surface area contributed by atoms with E-state index in [1.54, 1.807) is 0 Å². The molecule has 164 valence electrons. The topological polar surface area (TPSA) is 55.8 Å². The molecule has 1 heterocycles. The van der Waals surface area contributed by atoms with Crippen LogP contribution in [0.3, 0.4) is 0 Å². The Kier molecular flexibility index (Phi) is 3.79. The molecule has 5 fully saturated rings. The molecule has 2 spiro atoms. The predicted octanol–water partition coefficient (Wildman–Crippen LogP) is 5.79. The smallest absolute Gasteiger partial charge is 0.309 e. The molecule has 2 bridgehead atoms. The third-order valence-corrected chi connectivity index (χ3v) is 11.9. The van der Waals surface area contributed by atoms with E-state index in [1.165, 1.54) is 19.3 Å². The Hall–Kier alpha value is -0.610. The van der Waals surface area contributed by atoms with Gasteiger partial charge in [0, 0.05) is 0 Å². The highest BCUT2D eigenvalue weighted by molar-refractivity contribution is 5.76. The van der Waals surface area contributed by atoms with Crippen LogP contribution in [-0.4, -0.2) is 29.1 Å². The minimum Gasteiger partial charge on any atom is -0.481 e. The van der Waals surface area contributed by atoms with E-state index in [0.717, 1.165) is 45.1 Å². The Labute approximate surface area is 176 Å². The van der Waals surface area contributed by atoms with Crippen LogP contribution in [-0.2, 0) is 14.3 Å². The van der Waals surface area contributed by atoms with Crippen LogP contribution >= 0.6 is 0 Å². The lowest BCUT2D eigenvalue weighted by atomic mass is 9.30. The van der Waals surface area contributed by atoms with Gasteiger partial charge < -0.3 is 14.6 Å². The van der Waals surface area contributed by atoms with Gasteiger partial charge in [0.15, 0.2) is 5.79 Å². The Balaban J connectivity index is 1.60. The average molecular weight is 405 g/mol. The molecule has 0 amide bonds. The van der Waals surface area contributed by atoms with Crippen molar-refractivity contribution in [2.45, 2.75) is 111 Å². The zero-order valence-corrected chi connectivity index (χ0v) is 19.3. The number of carbonyl (C=O) groups is 1. The summed E-state index contributed by atoms with van der Waals surface area (Å²) < 4.78 is 12.8. The standard InChI is InChI=1S/C25H40O4/c1-19(2)28-16-25(29-19)15-24-13-12-21(4)20(3,18(26)27)9-7-10-22(21,5)23(24,6)11-8-17(25)14-24/h17H,7-16H2,1-6H3,(H,26,27). The maximum absolute atomic E-state index is 12.5. The summed E-state index contributed by atoms with van der Waals surface area (Å²) in [5.74, 6) is -0.485. The summed E-state index contributed by atoms with van der Waals surface area (Å²) in [7, 11) is 0. The van der Waals surface area contributed by atoms with Crippen LogP contribution in [0.2, 0.25) is 0 Å². The van der Waals surface area contributed by atoms with Crippen molar-refractivity contribution in [3.8, 4) is 0 Å². The van der Waals surface area contributed by atoms with Gasteiger partial charge in [-0.3, -0.25) is 4.79 Å². The molecule has 29 heavy (non-hydrogen) atoms. The Morgan fingerprint density at radius 3 is 2.24 bits per heavy atom. The first-order valence-corrected chi connectivity index (χ1v) is 11.9. The summed E-state index contributed by atoms with van der Waals surface area (Å²) in [6.07, 6.45) is 9.88. The second kappa shape index (κ2) is 5.41. The molecular formula is C25H40O4. The summed E-state index contributed by atoms with van der Waals surface area (Å²) in [6.45, 7) is 14.2. The largest absolute Gasteiger partial charge is 0.481 e. The van der Waals surface area contributed by atoms with Crippen molar-refractivity contribution in [1.29, 1.82) is 0 Å². The number of carboxylic acid groups (broad SMARTS) is 1. The van der Waals surface area contributed by atoms with Gasteiger partial charge in [0.25, 0.3) is 0 Å². The van der Waals surface area contributed by atoms with Gasteiger partial charge in [0.05, 0.1) is 17.6 Å².